The van der Waals surface area contributed by atoms with Gasteiger partial charge in [-0.05, 0) is 51.2 Å². The highest BCUT2D eigenvalue weighted by atomic mass is 32.1. The minimum Gasteiger partial charge on any atom is -0.272 e. The zero-order chi connectivity index (χ0) is 12.0. The lowest BCUT2D eigenvalue weighted by Crippen LogP contribution is -1.95. The van der Waals surface area contributed by atoms with Gasteiger partial charge >= 0.3 is 0 Å². The van der Waals surface area contributed by atoms with Crippen molar-refractivity contribution in [1.82, 2.24) is 9.78 Å². The zero-order valence-corrected chi connectivity index (χ0v) is 11.5. The van der Waals surface area contributed by atoms with Gasteiger partial charge in [-0.15, -0.1) is 11.3 Å². The zero-order valence-electron chi connectivity index (χ0n) is 10.7. The monoisotopic (exact) mass is 246 g/mol. The van der Waals surface area contributed by atoms with E-state index in [1.807, 2.05) is 11.3 Å². The van der Waals surface area contributed by atoms with E-state index in [-0.39, 0.29) is 0 Å². The molecule has 1 aliphatic rings. The van der Waals surface area contributed by atoms with Crippen LogP contribution in [-0.2, 0) is 19.4 Å². The highest BCUT2D eigenvalue weighted by Crippen LogP contribution is 2.39. The maximum absolute atomic E-state index is 4.77. The van der Waals surface area contributed by atoms with Crippen LogP contribution in [-0.4, -0.2) is 9.78 Å². The minimum absolute atomic E-state index is 0.963. The van der Waals surface area contributed by atoms with E-state index in [9.17, 15) is 0 Å². The Morgan fingerprint density at radius 1 is 1.29 bits per heavy atom. The van der Waals surface area contributed by atoms with Crippen molar-refractivity contribution in [3.8, 4) is 11.3 Å². The SMILES string of the molecule is CCn1cc2c(n1)-c1c(C)sc(C)c1CCC2. The minimum atomic E-state index is 0.963. The molecular formula is C14H18N2S. The second-order valence-corrected chi connectivity index (χ2v) is 6.21. The molecule has 2 nitrogen and oxygen atoms in total. The van der Waals surface area contributed by atoms with Crippen molar-refractivity contribution in [2.75, 3.05) is 0 Å². The number of aromatic nitrogens is 2. The fourth-order valence-corrected chi connectivity index (χ4v) is 3.92. The quantitative estimate of drug-likeness (QED) is 0.749. The molecule has 0 N–H and O–H groups in total. The molecule has 0 fully saturated rings. The Hall–Kier alpha value is -1.09. The van der Waals surface area contributed by atoms with Crippen molar-refractivity contribution in [3.05, 3.63) is 27.1 Å². The van der Waals surface area contributed by atoms with Crippen molar-refractivity contribution in [2.24, 2.45) is 0 Å². The Bertz CT molecular complexity index is 563. The highest BCUT2D eigenvalue weighted by molar-refractivity contribution is 7.12. The fraction of sp³-hybridized carbons (Fsp3) is 0.500. The van der Waals surface area contributed by atoms with Gasteiger partial charge < -0.3 is 0 Å². The van der Waals surface area contributed by atoms with E-state index in [4.69, 9.17) is 5.10 Å². The molecule has 2 aromatic heterocycles. The van der Waals surface area contributed by atoms with E-state index in [2.05, 4.69) is 31.6 Å². The molecule has 3 rings (SSSR count). The van der Waals surface area contributed by atoms with Gasteiger partial charge in [-0.3, -0.25) is 4.68 Å². The molecule has 0 bridgehead atoms. The molecule has 3 heteroatoms. The van der Waals surface area contributed by atoms with Gasteiger partial charge in [0.25, 0.3) is 0 Å². The second kappa shape index (κ2) is 3.98. The third-order valence-electron chi connectivity index (χ3n) is 3.66. The van der Waals surface area contributed by atoms with E-state index in [1.165, 1.54) is 45.8 Å². The Balaban J connectivity index is 2.25. The van der Waals surface area contributed by atoms with Crippen LogP contribution in [0.25, 0.3) is 11.3 Å². The van der Waals surface area contributed by atoms with Crippen molar-refractivity contribution in [3.63, 3.8) is 0 Å². The maximum atomic E-state index is 4.77. The van der Waals surface area contributed by atoms with Crippen molar-refractivity contribution in [2.45, 2.75) is 46.6 Å². The van der Waals surface area contributed by atoms with E-state index < -0.39 is 0 Å². The molecule has 0 aliphatic heterocycles. The first-order chi connectivity index (χ1) is 8.20. The van der Waals surface area contributed by atoms with E-state index >= 15 is 0 Å². The molecule has 2 heterocycles. The lowest BCUT2D eigenvalue weighted by molar-refractivity contribution is 0.659. The van der Waals surface area contributed by atoms with Crippen LogP contribution in [0.2, 0.25) is 0 Å². The van der Waals surface area contributed by atoms with Gasteiger partial charge in [-0.1, -0.05) is 0 Å². The summed E-state index contributed by atoms with van der Waals surface area (Å²) in [5, 5.41) is 4.77. The lowest BCUT2D eigenvalue weighted by atomic mass is 10.0. The molecule has 0 unspecified atom stereocenters. The smallest absolute Gasteiger partial charge is 0.0969 e. The maximum Gasteiger partial charge on any atom is 0.0969 e. The summed E-state index contributed by atoms with van der Waals surface area (Å²) in [5.74, 6) is 0. The number of aryl methyl sites for hydroxylation is 4. The van der Waals surface area contributed by atoms with Crippen LogP contribution in [0, 0.1) is 13.8 Å². The van der Waals surface area contributed by atoms with Crippen LogP contribution >= 0.6 is 11.3 Å². The highest BCUT2D eigenvalue weighted by Gasteiger charge is 2.22. The summed E-state index contributed by atoms with van der Waals surface area (Å²) in [6, 6.07) is 0. The number of thiophene rings is 1. The molecule has 0 radical (unpaired) electrons. The molecule has 90 valence electrons. The standard InChI is InChI=1S/C14H18N2S/c1-4-16-8-11-6-5-7-12-9(2)17-10(3)13(12)14(11)15-16/h8H,4-7H2,1-3H3. The molecule has 0 atom stereocenters. The average Bonchev–Trinajstić information content (AvgIpc) is 2.76. The van der Waals surface area contributed by atoms with Gasteiger partial charge in [0.05, 0.1) is 5.69 Å². The van der Waals surface area contributed by atoms with Crippen LogP contribution in [0.5, 0.6) is 0 Å². The molecule has 1 aliphatic carbocycles. The third-order valence-corrected chi connectivity index (χ3v) is 4.72. The first-order valence-electron chi connectivity index (χ1n) is 6.36. The first kappa shape index (κ1) is 11.0. The van der Waals surface area contributed by atoms with Gasteiger partial charge in [0.2, 0.25) is 0 Å². The van der Waals surface area contributed by atoms with E-state index in [0.717, 1.165) is 6.54 Å². The van der Waals surface area contributed by atoms with Crippen LogP contribution in [0.1, 0.15) is 34.2 Å². The van der Waals surface area contributed by atoms with Crippen LogP contribution < -0.4 is 0 Å². The summed E-state index contributed by atoms with van der Waals surface area (Å²) < 4.78 is 2.08. The summed E-state index contributed by atoms with van der Waals surface area (Å²) in [4.78, 5) is 2.92. The molecule has 0 saturated heterocycles. The fourth-order valence-electron chi connectivity index (χ4n) is 2.82. The lowest BCUT2D eigenvalue weighted by Gasteiger charge is -2.01. The second-order valence-electron chi connectivity index (χ2n) is 4.78. The molecule has 2 aromatic rings. The number of fused-ring (bicyclic) bond motifs is 3. The largest absolute Gasteiger partial charge is 0.272 e. The number of nitrogens with zero attached hydrogens (tertiary/aromatic N) is 2. The third kappa shape index (κ3) is 1.64. The van der Waals surface area contributed by atoms with Gasteiger partial charge in [-0.2, -0.15) is 5.10 Å². The summed E-state index contributed by atoms with van der Waals surface area (Å²) in [6.07, 6.45) is 5.88. The van der Waals surface area contributed by atoms with Gasteiger partial charge in [0.15, 0.2) is 0 Å². The molecule has 0 saturated carbocycles. The Labute approximate surface area is 106 Å². The Morgan fingerprint density at radius 3 is 2.88 bits per heavy atom. The van der Waals surface area contributed by atoms with Gasteiger partial charge in [0.1, 0.15) is 0 Å². The van der Waals surface area contributed by atoms with Gasteiger partial charge in [-0.25, -0.2) is 0 Å². The summed E-state index contributed by atoms with van der Waals surface area (Å²) in [5.41, 5.74) is 5.67. The normalized spacial score (nSPS) is 14.3. The van der Waals surface area contributed by atoms with Gasteiger partial charge in [0, 0.05) is 28.1 Å². The predicted molar refractivity (Wildman–Crippen MR) is 72.7 cm³/mol. The molecular weight excluding hydrogens is 228 g/mol. The molecule has 0 amide bonds. The number of hydrogen-bond donors (Lipinski definition) is 0. The van der Waals surface area contributed by atoms with Crippen LogP contribution in [0.15, 0.2) is 6.20 Å². The van der Waals surface area contributed by atoms with E-state index in [1.54, 1.807) is 5.56 Å². The Morgan fingerprint density at radius 2 is 2.12 bits per heavy atom. The van der Waals surface area contributed by atoms with Crippen molar-refractivity contribution >= 4 is 11.3 Å². The van der Waals surface area contributed by atoms with Crippen LogP contribution in [0.4, 0.5) is 0 Å². The van der Waals surface area contributed by atoms with E-state index in [0.29, 0.717) is 0 Å². The first-order valence-corrected chi connectivity index (χ1v) is 7.18. The number of rotatable bonds is 1. The van der Waals surface area contributed by atoms with Crippen molar-refractivity contribution in [1.29, 1.82) is 0 Å². The summed E-state index contributed by atoms with van der Waals surface area (Å²) >= 11 is 1.93. The summed E-state index contributed by atoms with van der Waals surface area (Å²) in [6.45, 7) is 7.60. The van der Waals surface area contributed by atoms with Crippen molar-refractivity contribution < 1.29 is 0 Å². The number of hydrogen-bond acceptors (Lipinski definition) is 2. The average molecular weight is 246 g/mol. The summed E-state index contributed by atoms with van der Waals surface area (Å²) in [7, 11) is 0. The topological polar surface area (TPSA) is 17.8 Å². The molecule has 17 heavy (non-hydrogen) atoms. The predicted octanol–water partition coefficient (Wildman–Crippen LogP) is 3.74. The van der Waals surface area contributed by atoms with Crippen LogP contribution in [0.3, 0.4) is 0 Å². The molecule has 0 aromatic carbocycles. The molecule has 0 spiro atoms. The Kier molecular flexibility index (Phi) is 2.58.